The Morgan fingerprint density at radius 2 is 0.691 bits per heavy atom. The van der Waals surface area contributed by atoms with Gasteiger partial charge in [0.2, 0.25) is 23.6 Å². The largest absolute Gasteiger partial charge is 0.416 e. The zero-order valence-corrected chi connectivity index (χ0v) is 28.1. The maximum absolute atomic E-state index is 13.2. The summed E-state index contributed by atoms with van der Waals surface area (Å²) in [6.45, 7) is 0. The van der Waals surface area contributed by atoms with Crippen molar-refractivity contribution in [3.8, 4) is 68.1 Å². The highest BCUT2D eigenvalue weighted by Crippen LogP contribution is 2.63. The Morgan fingerprint density at radius 3 is 1.07 bits per heavy atom. The number of aromatic nitrogens is 4. The van der Waals surface area contributed by atoms with Crippen LogP contribution in [0.4, 0.5) is 26.3 Å². The molecule has 0 aliphatic heterocycles. The Labute approximate surface area is 307 Å². The molecule has 2 aliphatic rings. The van der Waals surface area contributed by atoms with Crippen LogP contribution in [0.25, 0.3) is 68.1 Å². The molecule has 1 spiro atoms. The molecule has 0 atom stereocenters. The van der Waals surface area contributed by atoms with E-state index in [-0.39, 0.29) is 23.6 Å². The average molecular weight is 741 g/mol. The van der Waals surface area contributed by atoms with Gasteiger partial charge in [0, 0.05) is 22.3 Å². The number of alkyl halides is 6. The van der Waals surface area contributed by atoms with Gasteiger partial charge in [-0.15, -0.1) is 20.4 Å². The summed E-state index contributed by atoms with van der Waals surface area (Å²) in [4.78, 5) is 0. The Kier molecular flexibility index (Phi) is 6.91. The first kappa shape index (κ1) is 32.8. The second-order valence-corrected chi connectivity index (χ2v) is 13.3. The van der Waals surface area contributed by atoms with Crippen LogP contribution in [0.2, 0.25) is 0 Å². The Balaban J connectivity index is 1.10. The molecule has 0 radical (unpaired) electrons. The summed E-state index contributed by atoms with van der Waals surface area (Å²) < 4.78 is 91.3. The van der Waals surface area contributed by atoms with Crippen LogP contribution in [0.15, 0.2) is 142 Å². The Hall–Kier alpha value is -6.82. The van der Waals surface area contributed by atoms with Gasteiger partial charge in [-0.05, 0) is 117 Å². The molecule has 6 nitrogen and oxygen atoms in total. The lowest BCUT2D eigenvalue weighted by Gasteiger charge is -2.30. The molecule has 0 amide bonds. The lowest BCUT2D eigenvalue weighted by atomic mass is 9.70. The van der Waals surface area contributed by atoms with E-state index in [9.17, 15) is 26.3 Å². The van der Waals surface area contributed by atoms with Crippen LogP contribution in [-0.2, 0) is 17.8 Å². The van der Waals surface area contributed by atoms with E-state index in [1.807, 2.05) is 60.7 Å². The van der Waals surface area contributed by atoms with Gasteiger partial charge in [-0.25, -0.2) is 0 Å². The van der Waals surface area contributed by atoms with Crippen molar-refractivity contribution in [2.75, 3.05) is 0 Å². The predicted octanol–water partition coefficient (Wildman–Crippen LogP) is 11.5. The summed E-state index contributed by atoms with van der Waals surface area (Å²) >= 11 is 0. The van der Waals surface area contributed by atoms with Gasteiger partial charge >= 0.3 is 12.4 Å². The SMILES string of the molecule is FC(F)(F)c1ccc(-c2nnc(-c3ccc4c(c3)C3(c5ccccc5-4)c4ccccc4-c4ccc(-c5nnc(-c6ccc(C(F)(F)F)cc6)o5)cc43)o2)cc1. The maximum Gasteiger partial charge on any atom is 0.416 e. The van der Waals surface area contributed by atoms with Crippen LogP contribution >= 0.6 is 0 Å². The van der Waals surface area contributed by atoms with E-state index in [2.05, 4.69) is 44.7 Å². The molecule has 8 aromatic rings. The molecule has 2 aliphatic carbocycles. The number of benzene rings is 6. The zero-order chi connectivity index (χ0) is 37.7. The molecule has 2 aromatic heterocycles. The fourth-order valence-electron chi connectivity index (χ4n) is 7.92. The maximum atomic E-state index is 13.2. The molecular formula is C43H22F6N4O2. The van der Waals surface area contributed by atoms with E-state index >= 15 is 0 Å². The molecule has 0 bridgehead atoms. The van der Waals surface area contributed by atoms with E-state index < -0.39 is 28.9 Å². The molecule has 0 fully saturated rings. The van der Waals surface area contributed by atoms with Gasteiger partial charge in [-0.2, -0.15) is 26.3 Å². The van der Waals surface area contributed by atoms with Gasteiger partial charge in [-0.1, -0.05) is 60.7 Å². The van der Waals surface area contributed by atoms with E-state index in [4.69, 9.17) is 8.83 Å². The first-order valence-electron chi connectivity index (χ1n) is 17.0. The zero-order valence-electron chi connectivity index (χ0n) is 28.1. The van der Waals surface area contributed by atoms with Crippen molar-refractivity contribution in [2.24, 2.45) is 0 Å². The standard InChI is InChI=1S/C43H22F6N4O2/c44-42(45,46)27-15-9-23(10-16-27)37-50-52-39(54-37)25-13-19-31-29-5-1-3-7-33(29)41(35(31)21-25)34-8-4-2-6-30(34)32-20-14-26(22-36(32)41)40-53-51-38(55-40)24-11-17-28(18-12-24)43(47,48)49/h1-22H. The summed E-state index contributed by atoms with van der Waals surface area (Å²) in [5, 5.41) is 16.9. The molecule has 6 aromatic carbocycles. The number of fused-ring (bicyclic) bond motifs is 10. The first-order valence-corrected chi connectivity index (χ1v) is 17.0. The summed E-state index contributed by atoms with van der Waals surface area (Å²) in [7, 11) is 0. The third-order valence-electron chi connectivity index (χ3n) is 10.4. The predicted molar refractivity (Wildman–Crippen MR) is 190 cm³/mol. The highest BCUT2D eigenvalue weighted by atomic mass is 19.4. The van der Waals surface area contributed by atoms with Crippen molar-refractivity contribution in [1.29, 1.82) is 0 Å². The molecule has 0 unspecified atom stereocenters. The lowest BCUT2D eigenvalue weighted by Crippen LogP contribution is -2.26. The van der Waals surface area contributed by atoms with Gasteiger partial charge in [-0.3, -0.25) is 0 Å². The summed E-state index contributed by atoms with van der Waals surface area (Å²) in [6, 6.07) is 37.3. The number of hydrogen-bond acceptors (Lipinski definition) is 6. The number of halogens is 6. The fourth-order valence-corrected chi connectivity index (χ4v) is 7.92. The van der Waals surface area contributed by atoms with Crippen LogP contribution in [0.1, 0.15) is 33.4 Å². The Morgan fingerprint density at radius 1 is 0.364 bits per heavy atom. The van der Waals surface area contributed by atoms with Crippen LogP contribution in [0.3, 0.4) is 0 Å². The highest BCUT2D eigenvalue weighted by Gasteiger charge is 2.52. The van der Waals surface area contributed by atoms with Gasteiger partial charge in [0.15, 0.2) is 0 Å². The third-order valence-corrected chi connectivity index (χ3v) is 10.4. The Bertz CT molecular complexity index is 2610. The molecule has 2 heterocycles. The smallest absolute Gasteiger partial charge is 0.416 e. The van der Waals surface area contributed by atoms with Gasteiger partial charge < -0.3 is 8.83 Å². The highest BCUT2D eigenvalue weighted by molar-refractivity contribution is 5.96. The number of rotatable bonds is 4. The third kappa shape index (κ3) is 4.97. The fraction of sp³-hybridized carbons (Fsp3) is 0.0698. The summed E-state index contributed by atoms with van der Waals surface area (Å²) in [5.74, 6) is 0.564. The normalized spacial score (nSPS) is 13.8. The van der Waals surface area contributed by atoms with Crippen LogP contribution in [-0.4, -0.2) is 20.4 Å². The molecule has 0 saturated carbocycles. The van der Waals surface area contributed by atoms with Crippen LogP contribution in [0.5, 0.6) is 0 Å². The molecule has 55 heavy (non-hydrogen) atoms. The summed E-state index contributed by atoms with van der Waals surface area (Å²) in [6.07, 6.45) is -8.95. The van der Waals surface area contributed by atoms with E-state index in [0.29, 0.717) is 22.3 Å². The van der Waals surface area contributed by atoms with Gasteiger partial charge in [0.05, 0.1) is 16.5 Å². The summed E-state index contributed by atoms with van der Waals surface area (Å²) in [5.41, 5.74) is 7.67. The minimum Gasteiger partial charge on any atom is -0.416 e. The van der Waals surface area contributed by atoms with Crippen molar-refractivity contribution in [3.05, 3.63) is 167 Å². The topological polar surface area (TPSA) is 77.8 Å². The monoisotopic (exact) mass is 740 g/mol. The average Bonchev–Trinajstić information content (AvgIpc) is 3.99. The quantitative estimate of drug-likeness (QED) is 0.167. The molecule has 12 heteroatoms. The molecule has 0 saturated heterocycles. The van der Waals surface area contributed by atoms with Crippen molar-refractivity contribution < 1.29 is 35.2 Å². The van der Waals surface area contributed by atoms with Crippen molar-refractivity contribution in [1.82, 2.24) is 20.4 Å². The van der Waals surface area contributed by atoms with Crippen LogP contribution in [0, 0.1) is 0 Å². The van der Waals surface area contributed by atoms with E-state index in [1.54, 1.807) is 0 Å². The van der Waals surface area contributed by atoms with E-state index in [1.165, 1.54) is 24.3 Å². The van der Waals surface area contributed by atoms with Crippen LogP contribution < -0.4 is 0 Å². The first-order chi connectivity index (χ1) is 26.5. The molecular weight excluding hydrogens is 718 g/mol. The van der Waals surface area contributed by atoms with Crippen molar-refractivity contribution in [3.63, 3.8) is 0 Å². The lowest BCUT2D eigenvalue weighted by molar-refractivity contribution is -0.138. The number of hydrogen-bond donors (Lipinski definition) is 0. The minimum atomic E-state index is -4.47. The second kappa shape index (κ2) is 11.6. The minimum absolute atomic E-state index is 0.0821. The molecule has 0 N–H and O–H groups in total. The van der Waals surface area contributed by atoms with E-state index in [0.717, 1.165) is 68.8 Å². The van der Waals surface area contributed by atoms with Gasteiger partial charge in [0.25, 0.3) is 0 Å². The molecule has 268 valence electrons. The van der Waals surface area contributed by atoms with Gasteiger partial charge in [0.1, 0.15) is 0 Å². The van der Waals surface area contributed by atoms with Crippen molar-refractivity contribution >= 4 is 0 Å². The second-order valence-electron chi connectivity index (χ2n) is 13.3. The molecule has 10 rings (SSSR count). The number of nitrogens with zero attached hydrogens (tertiary/aromatic N) is 4. The van der Waals surface area contributed by atoms with Crippen molar-refractivity contribution in [2.45, 2.75) is 17.8 Å².